The molecule has 4 nitrogen and oxygen atoms in total. The van der Waals surface area contributed by atoms with Crippen molar-refractivity contribution >= 4 is 17.5 Å². The summed E-state index contributed by atoms with van der Waals surface area (Å²) in [6.45, 7) is 0.869. The van der Waals surface area contributed by atoms with E-state index in [9.17, 15) is 9.90 Å². The van der Waals surface area contributed by atoms with E-state index >= 15 is 0 Å². The molecule has 1 saturated carbocycles. The van der Waals surface area contributed by atoms with Gasteiger partial charge in [-0.2, -0.15) is 0 Å². The molecule has 0 radical (unpaired) electrons. The number of hydrogen-bond acceptors (Lipinski definition) is 3. The van der Waals surface area contributed by atoms with Gasteiger partial charge in [0.2, 0.25) is 5.91 Å². The Morgan fingerprint density at radius 2 is 1.93 bits per heavy atom. The molecule has 1 aromatic heterocycles. The number of nitrogens with zero attached hydrogens (tertiary/aromatic N) is 2. The minimum atomic E-state index is -0.327. The van der Waals surface area contributed by atoms with E-state index in [4.69, 9.17) is 11.6 Å². The number of carbonyl (C=O) groups is 1. The van der Waals surface area contributed by atoms with Crippen LogP contribution in [-0.4, -0.2) is 39.6 Å². The van der Waals surface area contributed by atoms with Crippen molar-refractivity contribution in [1.82, 2.24) is 9.88 Å². The zero-order valence-electron chi connectivity index (χ0n) is 16.1. The van der Waals surface area contributed by atoms with Crippen LogP contribution in [0.25, 0.3) is 11.1 Å². The molecule has 3 atom stereocenters. The Bertz CT molecular complexity index is 827. The van der Waals surface area contributed by atoms with E-state index in [0.717, 1.165) is 66.8 Å². The summed E-state index contributed by atoms with van der Waals surface area (Å²) >= 11 is 6.59. The van der Waals surface area contributed by atoms with Gasteiger partial charge in [-0.05, 0) is 79.3 Å². The molecule has 5 heteroatoms. The van der Waals surface area contributed by atoms with Crippen molar-refractivity contribution < 1.29 is 9.90 Å². The topological polar surface area (TPSA) is 53.4 Å². The molecule has 1 aliphatic heterocycles. The lowest BCUT2D eigenvalue weighted by atomic mass is 9.78. The third-order valence-electron chi connectivity index (χ3n) is 6.26. The lowest BCUT2D eigenvalue weighted by Gasteiger charge is -2.41. The maximum absolute atomic E-state index is 12.3. The van der Waals surface area contributed by atoms with Gasteiger partial charge in [0, 0.05) is 36.4 Å². The molecule has 2 aromatic rings. The second-order valence-corrected chi connectivity index (χ2v) is 8.49. The third-order valence-corrected chi connectivity index (χ3v) is 6.62. The molecule has 3 unspecified atom stereocenters. The Hall–Kier alpha value is -1.91. The summed E-state index contributed by atoms with van der Waals surface area (Å²) < 4.78 is 0. The molecule has 1 aliphatic carbocycles. The highest BCUT2D eigenvalue weighted by Crippen LogP contribution is 2.34. The van der Waals surface area contributed by atoms with Crippen LogP contribution < -0.4 is 0 Å². The van der Waals surface area contributed by atoms with Crippen LogP contribution in [0.5, 0.6) is 0 Å². The van der Waals surface area contributed by atoms with Gasteiger partial charge in [0.05, 0.1) is 6.10 Å². The number of benzene rings is 1. The molecule has 148 valence electrons. The summed E-state index contributed by atoms with van der Waals surface area (Å²) in [5.74, 6) is 0.420. The fourth-order valence-corrected chi connectivity index (χ4v) is 4.92. The zero-order chi connectivity index (χ0) is 19.5. The monoisotopic (exact) mass is 398 g/mol. The van der Waals surface area contributed by atoms with Gasteiger partial charge < -0.3 is 10.0 Å². The summed E-state index contributed by atoms with van der Waals surface area (Å²) in [5.41, 5.74) is 3.22. The predicted octanol–water partition coefficient (Wildman–Crippen LogP) is 4.49. The summed E-state index contributed by atoms with van der Waals surface area (Å²) in [7, 11) is 0. The molecule has 0 bridgehead atoms. The molecule has 2 fully saturated rings. The van der Waals surface area contributed by atoms with Gasteiger partial charge in [-0.15, -0.1) is 0 Å². The number of likely N-dealkylation sites (tertiary alicyclic amines) is 1. The second-order valence-electron chi connectivity index (χ2n) is 8.08. The average molecular weight is 399 g/mol. The van der Waals surface area contributed by atoms with Crippen LogP contribution in [0.15, 0.2) is 42.7 Å². The first-order chi connectivity index (χ1) is 13.6. The van der Waals surface area contributed by atoms with Gasteiger partial charge in [0.1, 0.15) is 0 Å². The molecule has 0 spiro atoms. The fraction of sp³-hybridized carbons (Fsp3) is 0.478. The Morgan fingerprint density at radius 3 is 2.68 bits per heavy atom. The number of rotatable bonds is 4. The van der Waals surface area contributed by atoms with Gasteiger partial charge in [-0.3, -0.25) is 9.78 Å². The van der Waals surface area contributed by atoms with Crippen molar-refractivity contribution in [2.75, 3.05) is 6.54 Å². The fourth-order valence-electron chi connectivity index (χ4n) is 4.66. The molecule has 1 aromatic carbocycles. The third kappa shape index (κ3) is 4.23. The van der Waals surface area contributed by atoms with Crippen LogP contribution in [0, 0.1) is 5.92 Å². The molecule has 1 N–H and O–H groups in total. The largest absolute Gasteiger partial charge is 0.393 e. The number of halogens is 1. The minimum Gasteiger partial charge on any atom is -0.393 e. The van der Waals surface area contributed by atoms with Crippen molar-refractivity contribution in [2.24, 2.45) is 5.92 Å². The summed E-state index contributed by atoms with van der Waals surface area (Å²) in [4.78, 5) is 18.4. The summed E-state index contributed by atoms with van der Waals surface area (Å²) in [5, 5.41) is 11.3. The molecule has 1 amide bonds. The van der Waals surface area contributed by atoms with Crippen LogP contribution in [0.3, 0.4) is 0 Å². The van der Waals surface area contributed by atoms with Crippen molar-refractivity contribution in [2.45, 2.75) is 57.1 Å². The number of amides is 1. The van der Waals surface area contributed by atoms with Crippen LogP contribution in [0.2, 0.25) is 5.02 Å². The van der Waals surface area contributed by atoms with E-state index in [1.165, 1.54) is 0 Å². The van der Waals surface area contributed by atoms with E-state index in [0.29, 0.717) is 6.42 Å². The highest BCUT2D eigenvalue weighted by atomic mass is 35.5. The number of pyridine rings is 1. The van der Waals surface area contributed by atoms with Gasteiger partial charge in [0.25, 0.3) is 0 Å². The first kappa shape index (κ1) is 19.4. The molecule has 2 heterocycles. The predicted molar refractivity (Wildman–Crippen MR) is 111 cm³/mol. The van der Waals surface area contributed by atoms with Crippen LogP contribution in [-0.2, 0) is 11.2 Å². The quantitative estimate of drug-likeness (QED) is 0.825. The maximum atomic E-state index is 12.3. The highest BCUT2D eigenvalue weighted by Gasteiger charge is 2.35. The number of piperidine rings is 1. The number of aliphatic hydroxyl groups is 1. The molecular weight excluding hydrogens is 372 g/mol. The van der Waals surface area contributed by atoms with Gasteiger partial charge in [-0.1, -0.05) is 23.7 Å². The van der Waals surface area contributed by atoms with E-state index < -0.39 is 0 Å². The molecule has 1 saturated heterocycles. The second kappa shape index (κ2) is 8.62. The number of hydrogen-bond donors (Lipinski definition) is 1. The first-order valence-electron chi connectivity index (χ1n) is 10.3. The van der Waals surface area contributed by atoms with E-state index in [2.05, 4.69) is 22.0 Å². The van der Waals surface area contributed by atoms with Crippen LogP contribution in [0.1, 0.15) is 44.1 Å². The lowest BCUT2D eigenvalue weighted by Crippen LogP contribution is -2.48. The average Bonchev–Trinajstić information content (AvgIpc) is 2.72. The maximum Gasteiger partial charge on any atom is 0.222 e. The standard InChI is InChI=1S/C23H27ClN2O2/c24-21-15-17(16-8-10-25-11-9-16)4-5-18(21)13-19-14-20(6-7-22(19)27)26-12-2-1-3-23(26)28/h4-5,8-11,15,19-20,22,27H,1-3,6-7,12-14H2. The Labute approximate surface area is 171 Å². The van der Waals surface area contributed by atoms with Crippen LogP contribution >= 0.6 is 11.6 Å². The Balaban J connectivity index is 1.47. The summed E-state index contributed by atoms with van der Waals surface area (Å²) in [6, 6.07) is 10.3. The molecule has 2 aliphatic rings. The van der Waals surface area contributed by atoms with Crippen LogP contribution in [0.4, 0.5) is 0 Å². The van der Waals surface area contributed by atoms with Crippen molar-refractivity contribution in [3.8, 4) is 11.1 Å². The Kier molecular flexibility index (Phi) is 5.98. The van der Waals surface area contributed by atoms with Gasteiger partial charge >= 0.3 is 0 Å². The summed E-state index contributed by atoms with van der Waals surface area (Å²) in [6.07, 6.45) is 9.26. The normalized spacial score (nSPS) is 25.7. The van der Waals surface area contributed by atoms with E-state index in [1.54, 1.807) is 12.4 Å². The van der Waals surface area contributed by atoms with Crippen molar-refractivity contribution in [3.05, 3.63) is 53.3 Å². The van der Waals surface area contributed by atoms with Crippen molar-refractivity contribution in [3.63, 3.8) is 0 Å². The lowest BCUT2D eigenvalue weighted by molar-refractivity contribution is -0.137. The van der Waals surface area contributed by atoms with Gasteiger partial charge in [0.15, 0.2) is 0 Å². The highest BCUT2D eigenvalue weighted by molar-refractivity contribution is 6.31. The molecule has 28 heavy (non-hydrogen) atoms. The number of aromatic nitrogens is 1. The number of aliphatic hydroxyl groups excluding tert-OH is 1. The smallest absolute Gasteiger partial charge is 0.222 e. The minimum absolute atomic E-state index is 0.137. The first-order valence-corrected chi connectivity index (χ1v) is 10.7. The number of carbonyl (C=O) groups excluding carboxylic acids is 1. The van der Waals surface area contributed by atoms with E-state index in [1.807, 2.05) is 18.2 Å². The SMILES string of the molecule is O=C1CCCCN1C1CCC(O)C(Cc2ccc(-c3ccncc3)cc2Cl)C1. The molecule has 4 rings (SSSR count). The van der Waals surface area contributed by atoms with E-state index in [-0.39, 0.29) is 24.0 Å². The zero-order valence-corrected chi connectivity index (χ0v) is 16.8. The molecular formula is C23H27ClN2O2. The van der Waals surface area contributed by atoms with Crippen molar-refractivity contribution in [1.29, 1.82) is 0 Å². The Morgan fingerprint density at radius 1 is 1.11 bits per heavy atom. The van der Waals surface area contributed by atoms with Gasteiger partial charge in [-0.25, -0.2) is 0 Å².